The van der Waals surface area contributed by atoms with Crippen LogP contribution in [0.3, 0.4) is 0 Å². The Morgan fingerprint density at radius 1 is 1.12 bits per heavy atom. The monoisotopic (exact) mass is 540 g/mol. The van der Waals surface area contributed by atoms with Gasteiger partial charge < -0.3 is 24.7 Å². The van der Waals surface area contributed by atoms with Crippen LogP contribution in [-0.2, 0) is 4.79 Å². The van der Waals surface area contributed by atoms with Crippen LogP contribution in [0.25, 0.3) is 0 Å². The molecule has 1 atom stereocenters. The molecule has 0 aromatic heterocycles. The largest absolute Gasteiger partial charge is 0.496 e. The highest BCUT2D eigenvalue weighted by molar-refractivity contribution is 9.10. The summed E-state index contributed by atoms with van der Waals surface area (Å²) >= 11 is 9.31. The fraction of sp³-hybridized carbons (Fsp3) is 0.120. The molecule has 0 saturated heterocycles. The second-order valence-electron chi connectivity index (χ2n) is 7.23. The van der Waals surface area contributed by atoms with E-state index in [1.54, 1.807) is 55.6 Å². The van der Waals surface area contributed by atoms with Crippen LogP contribution in [0.4, 0.5) is 0 Å². The van der Waals surface area contributed by atoms with Crippen LogP contribution in [-0.4, -0.2) is 19.7 Å². The minimum Gasteiger partial charge on any atom is -0.496 e. The maximum Gasteiger partial charge on any atom is 0.349 e. The number of fused-ring (bicyclic) bond motifs is 1. The second kappa shape index (κ2) is 10.1. The number of carbonyl (C=O) groups excluding carboxylic acids is 1. The van der Waals surface area contributed by atoms with Crippen molar-refractivity contribution in [2.75, 3.05) is 13.7 Å². The molecule has 1 aliphatic rings. The fourth-order valence-corrected chi connectivity index (χ4v) is 4.09. The summed E-state index contributed by atoms with van der Waals surface area (Å²) in [4.78, 5) is 12.3. The highest BCUT2D eigenvalue weighted by Gasteiger charge is 2.33. The van der Waals surface area contributed by atoms with E-state index in [0.29, 0.717) is 27.8 Å². The number of rotatable bonds is 6. The molecule has 34 heavy (non-hydrogen) atoms. The molecule has 9 heteroatoms. The molecule has 2 N–H and O–H groups in total. The van der Waals surface area contributed by atoms with E-state index in [-0.39, 0.29) is 23.8 Å². The lowest BCUT2D eigenvalue weighted by Crippen LogP contribution is -2.22. The summed E-state index contributed by atoms with van der Waals surface area (Å²) in [7, 11) is 1.56. The Morgan fingerprint density at radius 3 is 2.56 bits per heavy atom. The highest BCUT2D eigenvalue weighted by atomic mass is 79.9. The van der Waals surface area contributed by atoms with E-state index >= 15 is 0 Å². The third kappa shape index (κ3) is 4.96. The number of nitriles is 1. The molecule has 0 radical (unpaired) electrons. The van der Waals surface area contributed by atoms with Crippen LogP contribution in [0.2, 0.25) is 5.02 Å². The number of halogens is 2. The number of ether oxygens (including phenoxy) is 4. The van der Waals surface area contributed by atoms with Gasteiger partial charge in [-0.2, -0.15) is 5.26 Å². The van der Waals surface area contributed by atoms with Gasteiger partial charge in [0.25, 0.3) is 0 Å². The van der Waals surface area contributed by atoms with E-state index in [0.717, 1.165) is 10.0 Å². The molecule has 3 aromatic carbocycles. The van der Waals surface area contributed by atoms with Gasteiger partial charge in [-0.1, -0.05) is 33.6 Å². The molecule has 0 spiro atoms. The van der Waals surface area contributed by atoms with Crippen LogP contribution in [0.15, 0.2) is 76.6 Å². The van der Waals surface area contributed by atoms with Crippen molar-refractivity contribution in [1.29, 1.82) is 5.26 Å². The Morgan fingerprint density at radius 2 is 1.85 bits per heavy atom. The molecule has 0 bridgehead atoms. The van der Waals surface area contributed by atoms with Crippen LogP contribution in [0.1, 0.15) is 17.0 Å². The van der Waals surface area contributed by atoms with Gasteiger partial charge in [-0.05, 0) is 48.5 Å². The molecule has 3 aromatic rings. The number of esters is 1. The number of nitrogens with two attached hydrogens (primary N) is 1. The first kappa shape index (κ1) is 23.5. The minimum absolute atomic E-state index is 0.0309. The maximum absolute atomic E-state index is 12.3. The predicted molar refractivity (Wildman–Crippen MR) is 129 cm³/mol. The highest BCUT2D eigenvalue weighted by Crippen LogP contribution is 2.46. The van der Waals surface area contributed by atoms with Gasteiger partial charge in [0.1, 0.15) is 34.6 Å². The molecular formula is C25H18BrClN2O5. The maximum atomic E-state index is 12.3. The van der Waals surface area contributed by atoms with Crippen LogP contribution >= 0.6 is 27.5 Å². The number of nitrogens with zero attached hydrogens (tertiary/aromatic N) is 1. The van der Waals surface area contributed by atoms with Gasteiger partial charge in [0.15, 0.2) is 6.61 Å². The molecule has 0 saturated carbocycles. The normalized spacial score (nSPS) is 14.5. The number of hydrogen-bond acceptors (Lipinski definition) is 7. The van der Waals surface area contributed by atoms with Gasteiger partial charge in [0, 0.05) is 26.7 Å². The van der Waals surface area contributed by atoms with Crippen molar-refractivity contribution in [3.8, 4) is 29.1 Å². The van der Waals surface area contributed by atoms with Crippen LogP contribution in [0.5, 0.6) is 23.0 Å². The average Bonchev–Trinajstić information content (AvgIpc) is 2.82. The fourth-order valence-electron chi connectivity index (χ4n) is 3.58. The molecule has 4 rings (SSSR count). The van der Waals surface area contributed by atoms with Gasteiger partial charge in [-0.3, -0.25) is 0 Å². The number of hydrogen-bond donors (Lipinski definition) is 1. The van der Waals surface area contributed by atoms with Gasteiger partial charge in [-0.15, -0.1) is 0 Å². The molecule has 0 fully saturated rings. The minimum atomic E-state index is -0.600. The zero-order valence-corrected chi connectivity index (χ0v) is 20.2. The Bertz CT molecular complexity index is 1320. The Labute approximate surface area is 209 Å². The molecule has 1 aliphatic heterocycles. The first-order valence-electron chi connectivity index (χ1n) is 10.0. The van der Waals surface area contributed by atoms with Crippen molar-refractivity contribution >= 4 is 33.5 Å². The van der Waals surface area contributed by atoms with Crippen molar-refractivity contribution < 1.29 is 23.7 Å². The molecule has 1 heterocycles. The summed E-state index contributed by atoms with van der Waals surface area (Å²) in [5.74, 6) is 0.538. The van der Waals surface area contributed by atoms with Gasteiger partial charge in [0.2, 0.25) is 5.88 Å². The number of allylic oxidation sites excluding steroid dienone is 1. The van der Waals surface area contributed by atoms with E-state index in [9.17, 15) is 10.1 Å². The summed E-state index contributed by atoms with van der Waals surface area (Å²) in [6.45, 7) is -0.294. The summed E-state index contributed by atoms with van der Waals surface area (Å²) in [5, 5.41) is 10.3. The van der Waals surface area contributed by atoms with Gasteiger partial charge >= 0.3 is 5.97 Å². The van der Waals surface area contributed by atoms with Crippen LogP contribution in [0, 0.1) is 11.3 Å². The molecule has 0 aliphatic carbocycles. The molecule has 0 amide bonds. The molecule has 172 valence electrons. The zero-order valence-electron chi connectivity index (χ0n) is 17.9. The van der Waals surface area contributed by atoms with Gasteiger partial charge in [0.05, 0.1) is 13.0 Å². The molecule has 1 unspecified atom stereocenters. The van der Waals surface area contributed by atoms with E-state index in [2.05, 4.69) is 22.0 Å². The average molecular weight is 542 g/mol. The SMILES string of the molecule is COc1ccc(Br)cc1C1C(C#N)=C(N)Oc2cc(OC(=O)COc3ccc(Cl)cc3)ccc21. The first-order chi connectivity index (χ1) is 16.4. The van der Waals surface area contributed by atoms with Crippen molar-refractivity contribution in [2.45, 2.75) is 5.92 Å². The van der Waals surface area contributed by atoms with E-state index in [4.69, 9.17) is 36.3 Å². The lowest BCUT2D eigenvalue weighted by Gasteiger charge is -2.27. The summed E-state index contributed by atoms with van der Waals surface area (Å²) < 4.78 is 22.9. The Balaban J connectivity index is 1.59. The molecule has 7 nitrogen and oxygen atoms in total. The first-order valence-corrected chi connectivity index (χ1v) is 11.2. The van der Waals surface area contributed by atoms with Crippen molar-refractivity contribution in [3.05, 3.63) is 92.7 Å². The Hall–Kier alpha value is -3.67. The van der Waals surface area contributed by atoms with E-state index in [1.165, 1.54) is 0 Å². The smallest absolute Gasteiger partial charge is 0.349 e. The quantitative estimate of drug-likeness (QED) is 0.333. The van der Waals surface area contributed by atoms with Gasteiger partial charge in [-0.25, -0.2) is 4.79 Å². The lowest BCUT2D eigenvalue weighted by atomic mass is 9.83. The van der Waals surface area contributed by atoms with E-state index in [1.807, 2.05) is 12.1 Å². The van der Waals surface area contributed by atoms with Crippen molar-refractivity contribution in [1.82, 2.24) is 0 Å². The van der Waals surface area contributed by atoms with E-state index < -0.39 is 11.9 Å². The summed E-state index contributed by atoms with van der Waals surface area (Å²) in [5.41, 5.74) is 7.75. The number of carbonyl (C=O) groups is 1. The third-order valence-electron chi connectivity index (χ3n) is 5.10. The second-order valence-corrected chi connectivity index (χ2v) is 8.58. The standard InChI is InChI=1S/C25H18BrClN2O5/c1-31-21-9-2-14(26)10-19(21)24-18-8-7-17(11-22(18)34-25(29)20(24)12-28)33-23(30)13-32-16-5-3-15(27)4-6-16/h2-11,24H,13,29H2,1H3. The number of methoxy groups -OCH3 is 1. The van der Waals surface area contributed by atoms with Crippen molar-refractivity contribution in [3.63, 3.8) is 0 Å². The summed E-state index contributed by atoms with van der Waals surface area (Å²) in [6.07, 6.45) is 0. The number of benzene rings is 3. The van der Waals surface area contributed by atoms with Crippen LogP contribution < -0.4 is 24.7 Å². The lowest BCUT2D eigenvalue weighted by molar-refractivity contribution is -0.136. The Kier molecular flexibility index (Phi) is 6.96. The zero-order chi connectivity index (χ0) is 24.2. The summed E-state index contributed by atoms with van der Waals surface area (Å²) in [6, 6.07) is 19.2. The molecular weight excluding hydrogens is 524 g/mol. The van der Waals surface area contributed by atoms with Crippen molar-refractivity contribution in [2.24, 2.45) is 5.73 Å². The third-order valence-corrected chi connectivity index (χ3v) is 5.84. The topological polar surface area (TPSA) is 104 Å². The predicted octanol–water partition coefficient (Wildman–Crippen LogP) is 5.31.